The zero-order chi connectivity index (χ0) is 25.4. The first-order valence-corrected chi connectivity index (χ1v) is 11.8. The van der Waals surface area contributed by atoms with Gasteiger partial charge in [0.1, 0.15) is 0 Å². The van der Waals surface area contributed by atoms with Gasteiger partial charge in [0.2, 0.25) is 0 Å². The fourth-order valence-electron chi connectivity index (χ4n) is 5.08. The first-order valence-electron chi connectivity index (χ1n) is 11.8. The van der Waals surface area contributed by atoms with E-state index in [1.54, 1.807) is 18.2 Å². The normalized spacial score (nSPS) is 10.6. The van der Waals surface area contributed by atoms with Crippen molar-refractivity contribution in [3.8, 4) is 46.1 Å². The van der Waals surface area contributed by atoms with Crippen LogP contribution < -0.4 is 0 Å². The van der Waals surface area contributed by atoms with Crippen LogP contribution in [0, 0.1) is 34.0 Å². The average molecular weight is 471 g/mol. The van der Waals surface area contributed by atoms with E-state index in [2.05, 4.69) is 65.2 Å². The standard InChI is InChI=1S/C33H18N4/c34-19-24-7-4-5-12-28(24)22-13-15-31-29(17-22)30-18-23(33-25(20-35)8-6-9-26(33)21-36)14-16-32(30)37(31)27-10-2-1-3-11-27/h1-18H. The molecule has 0 bridgehead atoms. The van der Waals surface area contributed by atoms with Crippen molar-refractivity contribution in [3.05, 3.63) is 126 Å². The van der Waals surface area contributed by atoms with Crippen molar-refractivity contribution >= 4 is 21.8 Å². The topological polar surface area (TPSA) is 76.3 Å². The second-order valence-electron chi connectivity index (χ2n) is 8.74. The third-order valence-corrected chi connectivity index (χ3v) is 6.73. The Hall–Kier alpha value is -5.63. The van der Waals surface area contributed by atoms with Crippen molar-refractivity contribution in [2.75, 3.05) is 0 Å². The highest BCUT2D eigenvalue weighted by molar-refractivity contribution is 6.12. The Morgan fingerprint density at radius 3 is 1.68 bits per heavy atom. The fraction of sp³-hybridized carbons (Fsp3) is 0. The van der Waals surface area contributed by atoms with Gasteiger partial charge in [-0.15, -0.1) is 0 Å². The molecular weight excluding hydrogens is 452 g/mol. The van der Waals surface area contributed by atoms with Crippen LogP contribution in [0.3, 0.4) is 0 Å². The lowest BCUT2D eigenvalue weighted by molar-refractivity contribution is 1.18. The number of nitriles is 3. The zero-order valence-electron chi connectivity index (χ0n) is 19.7. The molecule has 4 nitrogen and oxygen atoms in total. The van der Waals surface area contributed by atoms with Crippen LogP contribution >= 0.6 is 0 Å². The molecule has 5 aromatic carbocycles. The molecule has 0 aliphatic heterocycles. The van der Waals surface area contributed by atoms with E-state index in [-0.39, 0.29) is 0 Å². The van der Waals surface area contributed by atoms with E-state index in [1.807, 2.05) is 48.5 Å². The summed E-state index contributed by atoms with van der Waals surface area (Å²) in [5, 5.41) is 31.2. The number of nitrogens with zero attached hydrogens (tertiary/aromatic N) is 4. The third-order valence-electron chi connectivity index (χ3n) is 6.73. The molecule has 6 aromatic rings. The van der Waals surface area contributed by atoms with Crippen molar-refractivity contribution in [1.82, 2.24) is 4.57 Å². The highest BCUT2D eigenvalue weighted by atomic mass is 15.0. The van der Waals surface area contributed by atoms with Gasteiger partial charge in [-0.2, -0.15) is 15.8 Å². The predicted octanol–water partition coefficient (Wildman–Crippen LogP) is 7.73. The van der Waals surface area contributed by atoms with Crippen LogP contribution in [0.5, 0.6) is 0 Å². The maximum atomic E-state index is 9.76. The van der Waals surface area contributed by atoms with Crippen LogP contribution in [0.15, 0.2) is 109 Å². The average Bonchev–Trinajstić information content (AvgIpc) is 3.30. The summed E-state index contributed by atoms with van der Waals surface area (Å²) in [5.41, 5.74) is 7.93. The van der Waals surface area contributed by atoms with Crippen LogP contribution in [0.1, 0.15) is 16.7 Å². The molecule has 0 fully saturated rings. The molecule has 0 aliphatic rings. The lowest BCUT2D eigenvalue weighted by atomic mass is 9.94. The quantitative estimate of drug-likeness (QED) is 0.265. The van der Waals surface area contributed by atoms with E-state index in [1.165, 1.54) is 0 Å². The Bertz CT molecular complexity index is 1930. The van der Waals surface area contributed by atoms with Crippen molar-refractivity contribution in [1.29, 1.82) is 15.8 Å². The molecule has 0 saturated carbocycles. The molecule has 0 amide bonds. The molecule has 0 unspecified atom stereocenters. The van der Waals surface area contributed by atoms with Gasteiger partial charge in [0.25, 0.3) is 0 Å². The molecule has 6 rings (SSSR count). The highest BCUT2D eigenvalue weighted by Gasteiger charge is 2.17. The molecule has 37 heavy (non-hydrogen) atoms. The lowest BCUT2D eigenvalue weighted by Crippen LogP contribution is -1.93. The van der Waals surface area contributed by atoms with Crippen LogP contribution in [0.25, 0.3) is 49.7 Å². The van der Waals surface area contributed by atoms with Crippen LogP contribution in [0.4, 0.5) is 0 Å². The number of hydrogen-bond donors (Lipinski definition) is 0. The molecule has 0 atom stereocenters. The Labute approximate surface area is 214 Å². The van der Waals surface area contributed by atoms with E-state index >= 15 is 0 Å². The number of aromatic nitrogens is 1. The SMILES string of the molecule is N#Cc1ccccc1-c1ccc2c(c1)c1cc(-c3c(C#N)cccc3C#N)ccc1n2-c1ccccc1. The minimum absolute atomic E-state index is 0.467. The van der Waals surface area contributed by atoms with Crippen molar-refractivity contribution in [2.45, 2.75) is 0 Å². The minimum Gasteiger partial charge on any atom is -0.309 e. The van der Waals surface area contributed by atoms with Gasteiger partial charge in [-0.3, -0.25) is 0 Å². The van der Waals surface area contributed by atoms with E-state index in [0.29, 0.717) is 22.3 Å². The summed E-state index contributed by atoms with van der Waals surface area (Å²) in [6.45, 7) is 0. The molecule has 1 heterocycles. The Balaban J connectivity index is 1.70. The molecule has 170 valence electrons. The summed E-state index contributed by atoms with van der Waals surface area (Å²) in [6.07, 6.45) is 0. The molecule has 0 radical (unpaired) electrons. The van der Waals surface area contributed by atoms with E-state index in [9.17, 15) is 15.8 Å². The fourth-order valence-corrected chi connectivity index (χ4v) is 5.08. The van der Waals surface area contributed by atoms with Crippen molar-refractivity contribution in [2.24, 2.45) is 0 Å². The largest absolute Gasteiger partial charge is 0.309 e. The number of benzene rings is 5. The number of hydrogen-bond acceptors (Lipinski definition) is 3. The van der Waals surface area contributed by atoms with Crippen molar-refractivity contribution < 1.29 is 0 Å². The monoisotopic (exact) mass is 470 g/mol. The van der Waals surface area contributed by atoms with Gasteiger partial charge in [0, 0.05) is 22.0 Å². The number of para-hydroxylation sites is 1. The van der Waals surface area contributed by atoms with Gasteiger partial charge < -0.3 is 4.57 Å². The smallest absolute Gasteiger partial charge is 0.0998 e. The van der Waals surface area contributed by atoms with Gasteiger partial charge in [-0.05, 0) is 71.3 Å². The summed E-state index contributed by atoms with van der Waals surface area (Å²) in [4.78, 5) is 0. The number of fused-ring (bicyclic) bond motifs is 3. The predicted molar refractivity (Wildman–Crippen MR) is 146 cm³/mol. The molecular formula is C33H18N4. The molecule has 4 heteroatoms. The Morgan fingerprint density at radius 1 is 0.486 bits per heavy atom. The van der Waals surface area contributed by atoms with Crippen LogP contribution in [0.2, 0.25) is 0 Å². The zero-order valence-corrected chi connectivity index (χ0v) is 19.7. The molecule has 0 aliphatic carbocycles. The van der Waals surface area contributed by atoms with Gasteiger partial charge in [-0.25, -0.2) is 0 Å². The second kappa shape index (κ2) is 8.86. The first kappa shape index (κ1) is 21.9. The van der Waals surface area contributed by atoms with Gasteiger partial charge >= 0.3 is 0 Å². The Morgan fingerprint density at radius 2 is 1.03 bits per heavy atom. The summed E-state index contributed by atoms with van der Waals surface area (Å²) in [5.74, 6) is 0. The first-order chi connectivity index (χ1) is 18.2. The van der Waals surface area contributed by atoms with Gasteiger partial charge in [0.15, 0.2) is 0 Å². The second-order valence-corrected chi connectivity index (χ2v) is 8.74. The van der Waals surface area contributed by atoms with E-state index in [4.69, 9.17) is 0 Å². The summed E-state index contributed by atoms with van der Waals surface area (Å²) < 4.78 is 2.22. The Kier molecular flexibility index (Phi) is 5.24. The molecule has 0 spiro atoms. The molecule has 0 saturated heterocycles. The summed E-state index contributed by atoms with van der Waals surface area (Å²) in [7, 11) is 0. The van der Waals surface area contributed by atoms with Gasteiger partial charge in [-0.1, -0.05) is 54.6 Å². The summed E-state index contributed by atoms with van der Waals surface area (Å²) >= 11 is 0. The van der Waals surface area contributed by atoms with Crippen molar-refractivity contribution in [3.63, 3.8) is 0 Å². The van der Waals surface area contributed by atoms with Gasteiger partial charge in [0.05, 0.1) is 45.9 Å². The summed E-state index contributed by atoms with van der Waals surface area (Å²) in [6, 6.07) is 42.1. The number of rotatable bonds is 3. The highest BCUT2D eigenvalue weighted by Crippen LogP contribution is 2.38. The third kappa shape index (κ3) is 3.52. The van der Waals surface area contributed by atoms with Crippen LogP contribution in [-0.2, 0) is 0 Å². The maximum Gasteiger partial charge on any atom is 0.0998 e. The van der Waals surface area contributed by atoms with E-state index < -0.39 is 0 Å². The lowest BCUT2D eigenvalue weighted by Gasteiger charge is -2.09. The molecule has 0 N–H and O–H groups in total. The minimum atomic E-state index is 0.467. The molecule has 1 aromatic heterocycles. The van der Waals surface area contributed by atoms with Crippen LogP contribution in [-0.4, -0.2) is 4.57 Å². The van der Waals surface area contributed by atoms with E-state index in [0.717, 1.165) is 44.2 Å². The maximum absolute atomic E-state index is 9.76.